The van der Waals surface area contributed by atoms with Crippen LogP contribution in [0, 0.1) is 5.41 Å². The Morgan fingerprint density at radius 1 is 1.29 bits per heavy atom. The molecule has 90 valence electrons. The second-order valence-electron chi connectivity index (χ2n) is 4.65. The number of benzene rings is 1. The first kappa shape index (κ1) is 11.8. The van der Waals surface area contributed by atoms with Gasteiger partial charge in [-0.25, -0.2) is 0 Å². The number of carboxylic acids is 1. The molecule has 0 saturated heterocycles. The Morgan fingerprint density at radius 2 is 2.00 bits per heavy atom. The van der Waals surface area contributed by atoms with Crippen molar-refractivity contribution in [3.8, 4) is 0 Å². The van der Waals surface area contributed by atoms with Crippen LogP contribution in [0.2, 0.25) is 0 Å². The standard InChI is InChI=1S/C14H16O3/c15-12-7-4-9-14(12,13(16)17)10-8-11-5-2-1-3-6-11/h1-3,5-6H,4,7-10H2,(H,16,17). The quantitative estimate of drug-likeness (QED) is 0.811. The number of hydrogen-bond acceptors (Lipinski definition) is 2. The molecule has 2 rings (SSSR count). The minimum Gasteiger partial charge on any atom is -0.480 e. The largest absolute Gasteiger partial charge is 0.480 e. The smallest absolute Gasteiger partial charge is 0.317 e. The summed E-state index contributed by atoms with van der Waals surface area (Å²) in [4.78, 5) is 23.1. The van der Waals surface area contributed by atoms with Crippen LogP contribution in [0.5, 0.6) is 0 Å². The van der Waals surface area contributed by atoms with Gasteiger partial charge in [-0.05, 0) is 31.2 Å². The van der Waals surface area contributed by atoms with Crippen LogP contribution in [0.15, 0.2) is 30.3 Å². The molecular formula is C14H16O3. The number of ketones is 1. The number of aliphatic carboxylic acids is 1. The lowest BCUT2D eigenvalue weighted by atomic mass is 9.80. The Labute approximate surface area is 100 Å². The summed E-state index contributed by atoms with van der Waals surface area (Å²) in [5, 5.41) is 9.29. The summed E-state index contributed by atoms with van der Waals surface area (Å²) in [7, 11) is 0. The van der Waals surface area contributed by atoms with Gasteiger partial charge in [0.05, 0.1) is 0 Å². The molecule has 0 radical (unpaired) electrons. The van der Waals surface area contributed by atoms with Gasteiger partial charge in [0.15, 0.2) is 0 Å². The van der Waals surface area contributed by atoms with Crippen LogP contribution in [0.25, 0.3) is 0 Å². The summed E-state index contributed by atoms with van der Waals surface area (Å²) in [6.07, 6.45) is 2.69. The summed E-state index contributed by atoms with van der Waals surface area (Å²) in [6, 6.07) is 9.72. The van der Waals surface area contributed by atoms with Crippen molar-refractivity contribution in [1.82, 2.24) is 0 Å². The minimum atomic E-state index is -1.12. The lowest BCUT2D eigenvalue weighted by Crippen LogP contribution is -2.35. The van der Waals surface area contributed by atoms with E-state index in [1.165, 1.54) is 0 Å². The predicted molar refractivity (Wildman–Crippen MR) is 63.7 cm³/mol. The average Bonchev–Trinajstić information content (AvgIpc) is 2.71. The van der Waals surface area contributed by atoms with Gasteiger partial charge in [0.1, 0.15) is 11.2 Å². The lowest BCUT2D eigenvalue weighted by Gasteiger charge is -2.21. The van der Waals surface area contributed by atoms with Crippen LogP contribution in [0.1, 0.15) is 31.2 Å². The Bertz CT molecular complexity index is 424. The topological polar surface area (TPSA) is 54.4 Å². The predicted octanol–water partition coefficient (Wildman–Crippen LogP) is 2.44. The van der Waals surface area contributed by atoms with Crippen LogP contribution in [0.4, 0.5) is 0 Å². The molecule has 0 aromatic heterocycles. The van der Waals surface area contributed by atoms with E-state index in [1.54, 1.807) is 0 Å². The Morgan fingerprint density at radius 3 is 2.53 bits per heavy atom. The van der Waals surface area contributed by atoms with E-state index in [0.717, 1.165) is 5.56 Å². The second kappa shape index (κ2) is 4.70. The van der Waals surface area contributed by atoms with Gasteiger partial charge in [0, 0.05) is 6.42 Å². The molecule has 1 unspecified atom stereocenters. The molecule has 1 aliphatic carbocycles. The summed E-state index contributed by atoms with van der Waals surface area (Å²) >= 11 is 0. The molecule has 0 bridgehead atoms. The molecule has 0 amide bonds. The van der Waals surface area contributed by atoms with Gasteiger partial charge in [-0.2, -0.15) is 0 Å². The first-order chi connectivity index (χ1) is 8.15. The molecule has 1 aliphatic rings. The average molecular weight is 232 g/mol. The maximum Gasteiger partial charge on any atom is 0.317 e. The summed E-state index contributed by atoms with van der Waals surface area (Å²) in [5.74, 6) is -1.04. The van der Waals surface area contributed by atoms with E-state index in [0.29, 0.717) is 32.1 Å². The lowest BCUT2D eigenvalue weighted by molar-refractivity contribution is -0.153. The molecule has 17 heavy (non-hydrogen) atoms. The van der Waals surface area contributed by atoms with E-state index in [2.05, 4.69) is 0 Å². The van der Waals surface area contributed by atoms with E-state index in [1.807, 2.05) is 30.3 Å². The van der Waals surface area contributed by atoms with Gasteiger partial charge in [-0.15, -0.1) is 0 Å². The monoisotopic (exact) mass is 232 g/mol. The van der Waals surface area contributed by atoms with E-state index < -0.39 is 11.4 Å². The molecule has 3 nitrogen and oxygen atoms in total. The first-order valence-corrected chi connectivity index (χ1v) is 5.96. The number of aryl methyl sites for hydroxylation is 1. The van der Waals surface area contributed by atoms with Crippen LogP contribution >= 0.6 is 0 Å². The third-order valence-corrected chi connectivity index (χ3v) is 3.63. The zero-order valence-corrected chi connectivity index (χ0v) is 9.69. The number of hydrogen-bond donors (Lipinski definition) is 1. The normalized spacial score (nSPS) is 23.9. The molecule has 0 heterocycles. The zero-order chi connectivity index (χ0) is 12.3. The molecule has 1 fully saturated rings. The third kappa shape index (κ3) is 2.23. The van der Waals surface area contributed by atoms with Crippen molar-refractivity contribution in [2.75, 3.05) is 0 Å². The van der Waals surface area contributed by atoms with Gasteiger partial charge >= 0.3 is 5.97 Å². The number of rotatable bonds is 4. The molecule has 3 heteroatoms. The zero-order valence-electron chi connectivity index (χ0n) is 9.69. The summed E-state index contributed by atoms with van der Waals surface area (Å²) in [5.41, 5.74) is -0.0247. The maximum atomic E-state index is 11.8. The molecule has 1 aromatic carbocycles. The molecule has 1 saturated carbocycles. The van der Waals surface area contributed by atoms with Gasteiger partial charge in [-0.1, -0.05) is 30.3 Å². The minimum absolute atomic E-state index is 0.0964. The highest BCUT2D eigenvalue weighted by Crippen LogP contribution is 2.39. The molecule has 0 aliphatic heterocycles. The molecule has 1 N–H and O–H groups in total. The maximum absolute atomic E-state index is 11.8. The molecule has 0 spiro atoms. The van der Waals surface area contributed by atoms with Crippen LogP contribution < -0.4 is 0 Å². The summed E-state index contributed by atoms with van der Waals surface area (Å²) < 4.78 is 0. The van der Waals surface area contributed by atoms with Crippen molar-refractivity contribution < 1.29 is 14.7 Å². The van der Waals surface area contributed by atoms with Crippen LogP contribution in [0.3, 0.4) is 0 Å². The first-order valence-electron chi connectivity index (χ1n) is 5.96. The highest BCUT2D eigenvalue weighted by Gasteiger charge is 2.48. The number of carboxylic acid groups (broad SMARTS) is 1. The van der Waals surface area contributed by atoms with Crippen molar-refractivity contribution in [2.45, 2.75) is 32.1 Å². The van der Waals surface area contributed by atoms with E-state index >= 15 is 0 Å². The SMILES string of the molecule is O=C(O)C1(CCc2ccccc2)CCCC1=O. The van der Waals surface area contributed by atoms with Gasteiger partial charge in [-0.3, -0.25) is 9.59 Å². The van der Waals surface area contributed by atoms with Gasteiger partial charge in [0.2, 0.25) is 0 Å². The van der Waals surface area contributed by atoms with E-state index in [-0.39, 0.29) is 5.78 Å². The van der Waals surface area contributed by atoms with Crippen molar-refractivity contribution in [3.05, 3.63) is 35.9 Å². The number of carbonyl (C=O) groups excluding carboxylic acids is 1. The van der Waals surface area contributed by atoms with Crippen LogP contribution in [-0.2, 0) is 16.0 Å². The van der Waals surface area contributed by atoms with Crippen molar-refractivity contribution in [1.29, 1.82) is 0 Å². The Kier molecular flexibility index (Phi) is 3.27. The van der Waals surface area contributed by atoms with Crippen molar-refractivity contribution in [2.24, 2.45) is 5.41 Å². The molecule has 1 atom stereocenters. The fraction of sp³-hybridized carbons (Fsp3) is 0.429. The van der Waals surface area contributed by atoms with E-state index in [4.69, 9.17) is 0 Å². The highest BCUT2D eigenvalue weighted by molar-refractivity contribution is 6.04. The molecule has 1 aromatic rings. The Balaban J connectivity index is 2.10. The summed E-state index contributed by atoms with van der Waals surface area (Å²) in [6.45, 7) is 0. The fourth-order valence-electron chi connectivity index (χ4n) is 2.53. The number of carbonyl (C=O) groups is 2. The van der Waals surface area contributed by atoms with Gasteiger partial charge < -0.3 is 5.11 Å². The van der Waals surface area contributed by atoms with Crippen molar-refractivity contribution in [3.63, 3.8) is 0 Å². The number of Topliss-reactive ketones (excluding diaryl/α,β-unsaturated/α-hetero) is 1. The van der Waals surface area contributed by atoms with E-state index in [9.17, 15) is 14.7 Å². The Hall–Kier alpha value is -1.64. The highest BCUT2D eigenvalue weighted by atomic mass is 16.4. The third-order valence-electron chi connectivity index (χ3n) is 3.63. The second-order valence-corrected chi connectivity index (χ2v) is 4.65. The van der Waals surface area contributed by atoms with Crippen molar-refractivity contribution >= 4 is 11.8 Å². The fourth-order valence-corrected chi connectivity index (χ4v) is 2.53. The van der Waals surface area contributed by atoms with Gasteiger partial charge in [0.25, 0.3) is 0 Å². The molecular weight excluding hydrogens is 216 g/mol. The van der Waals surface area contributed by atoms with Crippen LogP contribution in [-0.4, -0.2) is 16.9 Å².